The van der Waals surface area contributed by atoms with Crippen molar-refractivity contribution >= 4 is 62.6 Å². The highest BCUT2D eigenvalue weighted by Gasteiger charge is 2.49. The number of carbonyl (C=O) groups is 4. The lowest BCUT2D eigenvalue weighted by Crippen LogP contribution is -2.30. The third kappa shape index (κ3) is 4.96. The fourth-order valence-corrected chi connectivity index (χ4v) is 5.10. The first-order chi connectivity index (χ1) is 15.7. The standard InChI is InChI=1S/C24H22BrClN2O5/c1-13-2-8-17-18(10-13)23(31)28(22(17)30)16-6-3-14(4-7-16)24(32)33-12-21(29)27-20-9-5-15(25)11-19(20)26/h3-7,9,11,13,17-18H,2,8,10,12H2,1H3,(H,27,29)/t13-,17+,18+/m1/s1. The molecule has 3 amide bonds. The molecule has 3 atom stereocenters. The Morgan fingerprint density at radius 2 is 1.79 bits per heavy atom. The van der Waals surface area contributed by atoms with Crippen molar-refractivity contribution in [2.24, 2.45) is 17.8 Å². The van der Waals surface area contributed by atoms with Crippen LogP contribution < -0.4 is 10.2 Å². The fraction of sp³-hybridized carbons (Fsp3) is 0.333. The average molecular weight is 534 g/mol. The summed E-state index contributed by atoms with van der Waals surface area (Å²) < 4.78 is 5.84. The number of benzene rings is 2. The molecule has 1 saturated heterocycles. The van der Waals surface area contributed by atoms with Crippen molar-refractivity contribution in [2.75, 3.05) is 16.8 Å². The Balaban J connectivity index is 1.36. The number of ether oxygens (including phenoxy) is 1. The van der Waals surface area contributed by atoms with E-state index in [0.29, 0.717) is 22.3 Å². The third-order valence-corrected chi connectivity index (χ3v) is 6.89. The molecular formula is C24H22BrClN2O5. The van der Waals surface area contributed by atoms with Gasteiger partial charge in [0, 0.05) is 4.47 Å². The van der Waals surface area contributed by atoms with Gasteiger partial charge in [-0.15, -0.1) is 0 Å². The Labute approximate surface area is 204 Å². The molecule has 2 aromatic rings. The number of rotatable bonds is 5. The van der Waals surface area contributed by atoms with E-state index in [9.17, 15) is 19.2 Å². The lowest BCUT2D eigenvalue weighted by molar-refractivity contribution is -0.122. The number of fused-ring (bicyclic) bond motifs is 1. The lowest BCUT2D eigenvalue weighted by Gasteiger charge is -2.25. The summed E-state index contributed by atoms with van der Waals surface area (Å²) in [6.07, 6.45) is 2.40. The van der Waals surface area contributed by atoms with Gasteiger partial charge in [-0.25, -0.2) is 4.79 Å². The minimum Gasteiger partial charge on any atom is -0.452 e. The summed E-state index contributed by atoms with van der Waals surface area (Å²) in [5.74, 6) is -1.66. The van der Waals surface area contributed by atoms with Crippen LogP contribution in [0.25, 0.3) is 0 Å². The summed E-state index contributed by atoms with van der Waals surface area (Å²) in [6.45, 7) is 1.61. The molecule has 2 fully saturated rings. The normalized spacial score (nSPS) is 22.2. The third-order valence-electron chi connectivity index (χ3n) is 6.09. The van der Waals surface area contributed by atoms with E-state index in [1.807, 2.05) is 0 Å². The Kier molecular flexibility index (Phi) is 6.86. The number of nitrogens with zero attached hydrogens (tertiary/aromatic N) is 1. The van der Waals surface area contributed by atoms with Gasteiger partial charge in [0.1, 0.15) is 0 Å². The first-order valence-corrected chi connectivity index (χ1v) is 11.8. The smallest absolute Gasteiger partial charge is 0.338 e. The SMILES string of the molecule is C[C@@H]1CC[C@@H]2C(=O)N(c3ccc(C(=O)OCC(=O)Nc4ccc(Br)cc4Cl)cc3)C(=O)[C@H]2C1. The first-order valence-electron chi connectivity index (χ1n) is 10.6. The minimum atomic E-state index is -0.694. The zero-order valence-electron chi connectivity index (χ0n) is 17.8. The van der Waals surface area contributed by atoms with Crippen LogP contribution in [0.15, 0.2) is 46.9 Å². The fourth-order valence-electron chi connectivity index (χ4n) is 4.38. The van der Waals surface area contributed by atoms with Gasteiger partial charge >= 0.3 is 5.97 Å². The maximum absolute atomic E-state index is 12.8. The van der Waals surface area contributed by atoms with Crippen LogP contribution in [0.2, 0.25) is 5.02 Å². The summed E-state index contributed by atoms with van der Waals surface area (Å²) in [5, 5.41) is 2.92. The van der Waals surface area contributed by atoms with Crippen LogP contribution in [-0.4, -0.2) is 30.3 Å². The number of imide groups is 1. The Hall–Kier alpha value is -2.71. The Bertz CT molecular complexity index is 1120. The van der Waals surface area contributed by atoms with Crippen molar-refractivity contribution in [1.82, 2.24) is 0 Å². The molecule has 4 rings (SSSR count). The Morgan fingerprint density at radius 1 is 1.09 bits per heavy atom. The van der Waals surface area contributed by atoms with Crippen molar-refractivity contribution in [3.8, 4) is 0 Å². The van der Waals surface area contributed by atoms with Gasteiger partial charge in [0.05, 0.1) is 33.8 Å². The maximum atomic E-state index is 12.8. The number of amides is 3. The summed E-state index contributed by atoms with van der Waals surface area (Å²) in [6, 6.07) is 11.0. The molecule has 1 aliphatic carbocycles. The predicted molar refractivity (Wildman–Crippen MR) is 127 cm³/mol. The molecule has 1 aliphatic heterocycles. The van der Waals surface area contributed by atoms with Crippen LogP contribution in [0.1, 0.15) is 36.5 Å². The highest BCUT2D eigenvalue weighted by molar-refractivity contribution is 9.10. The lowest BCUT2D eigenvalue weighted by atomic mass is 9.76. The van der Waals surface area contributed by atoms with Gasteiger partial charge < -0.3 is 10.1 Å². The van der Waals surface area contributed by atoms with E-state index in [4.69, 9.17) is 16.3 Å². The molecule has 0 aromatic heterocycles. The van der Waals surface area contributed by atoms with E-state index in [2.05, 4.69) is 28.2 Å². The monoisotopic (exact) mass is 532 g/mol. The molecule has 2 aliphatic rings. The van der Waals surface area contributed by atoms with Crippen LogP contribution in [0.3, 0.4) is 0 Å². The van der Waals surface area contributed by atoms with Gasteiger partial charge in [-0.05, 0) is 67.6 Å². The zero-order chi connectivity index (χ0) is 23.7. The van der Waals surface area contributed by atoms with Crippen LogP contribution in [-0.2, 0) is 19.1 Å². The first kappa shape index (κ1) is 23.4. The molecule has 1 saturated carbocycles. The van der Waals surface area contributed by atoms with Gasteiger partial charge in [0.15, 0.2) is 6.61 Å². The largest absolute Gasteiger partial charge is 0.452 e. The molecule has 1 heterocycles. The summed E-state index contributed by atoms with van der Waals surface area (Å²) in [7, 11) is 0. The van der Waals surface area contributed by atoms with Crippen LogP contribution in [0.5, 0.6) is 0 Å². The summed E-state index contributed by atoms with van der Waals surface area (Å²) in [4.78, 5) is 51.3. The van der Waals surface area contributed by atoms with Crippen LogP contribution >= 0.6 is 27.5 Å². The second kappa shape index (κ2) is 9.65. The van der Waals surface area contributed by atoms with Crippen molar-refractivity contribution in [1.29, 1.82) is 0 Å². The maximum Gasteiger partial charge on any atom is 0.338 e. The predicted octanol–water partition coefficient (Wildman–Crippen LogP) is 4.82. The van der Waals surface area contributed by atoms with Crippen LogP contribution in [0, 0.1) is 17.8 Å². The number of carbonyl (C=O) groups excluding carboxylic acids is 4. The number of halogens is 2. The summed E-state index contributed by atoms with van der Waals surface area (Å²) >= 11 is 9.35. The molecule has 0 radical (unpaired) electrons. The highest BCUT2D eigenvalue weighted by Crippen LogP contribution is 2.42. The molecule has 0 bridgehead atoms. The number of esters is 1. The molecule has 9 heteroatoms. The molecule has 2 aromatic carbocycles. The van der Waals surface area contributed by atoms with Crippen molar-refractivity contribution in [3.05, 3.63) is 57.5 Å². The van der Waals surface area contributed by atoms with Crippen LogP contribution in [0.4, 0.5) is 11.4 Å². The molecule has 33 heavy (non-hydrogen) atoms. The van der Waals surface area contributed by atoms with Crippen molar-refractivity contribution in [3.63, 3.8) is 0 Å². The number of hydrogen-bond donors (Lipinski definition) is 1. The van der Waals surface area contributed by atoms with E-state index < -0.39 is 18.5 Å². The van der Waals surface area contributed by atoms with Crippen molar-refractivity contribution in [2.45, 2.75) is 26.2 Å². The molecule has 1 N–H and O–H groups in total. The van der Waals surface area contributed by atoms with E-state index in [1.54, 1.807) is 30.3 Å². The van der Waals surface area contributed by atoms with Gasteiger partial charge in [0.2, 0.25) is 11.8 Å². The topological polar surface area (TPSA) is 92.8 Å². The van der Waals surface area contributed by atoms with Gasteiger partial charge in [-0.3, -0.25) is 19.3 Å². The molecule has 0 spiro atoms. The van der Waals surface area contributed by atoms with E-state index in [1.165, 1.54) is 17.0 Å². The van der Waals surface area contributed by atoms with Gasteiger partial charge in [-0.1, -0.05) is 34.5 Å². The molecular weight excluding hydrogens is 512 g/mol. The molecule has 0 unspecified atom stereocenters. The number of nitrogens with one attached hydrogen (secondary N) is 1. The van der Waals surface area contributed by atoms with E-state index in [0.717, 1.165) is 23.7 Å². The average Bonchev–Trinajstić information content (AvgIpc) is 3.03. The minimum absolute atomic E-state index is 0.171. The molecule has 172 valence electrons. The van der Waals surface area contributed by atoms with Gasteiger partial charge in [-0.2, -0.15) is 0 Å². The van der Waals surface area contributed by atoms with E-state index >= 15 is 0 Å². The highest BCUT2D eigenvalue weighted by atomic mass is 79.9. The quantitative estimate of drug-likeness (QED) is 0.439. The van der Waals surface area contributed by atoms with Crippen molar-refractivity contribution < 1.29 is 23.9 Å². The zero-order valence-corrected chi connectivity index (χ0v) is 20.2. The summed E-state index contributed by atoms with van der Waals surface area (Å²) in [5.41, 5.74) is 1.05. The Morgan fingerprint density at radius 3 is 2.48 bits per heavy atom. The second-order valence-corrected chi connectivity index (χ2v) is 9.76. The van der Waals surface area contributed by atoms with Gasteiger partial charge in [0.25, 0.3) is 5.91 Å². The molecule has 7 nitrogen and oxygen atoms in total. The van der Waals surface area contributed by atoms with E-state index in [-0.39, 0.29) is 29.2 Å². The number of hydrogen-bond acceptors (Lipinski definition) is 5. The number of anilines is 2. The second-order valence-electron chi connectivity index (χ2n) is 8.44.